The number of hydrogen-bond acceptors (Lipinski definition) is 4. The van der Waals surface area contributed by atoms with Gasteiger partial charge in [-0.25, -0.2) is 19.5 Å². The van der Waals surface area contributed by atoms with Crippen LogP contribution in [0.1, 0.15) is 17.7 Å². The fraction of sp³-hybridized carbons (Fsp3) is 0.0189. The van der Waals surface area contributed by atoms with Gasteiger partial charge < -0.3 is 0 Å². The van der Waals surface area contributed by atoms with E-state index in [1.165, 1.54) is 11.1 Å². The number of allylic oxidation sites excluding steroid dienone is 6. The number of hydrogen-bond donors (Lipinski definition) is 0. The summed E-state index contributed by atoms with van der Waals surface area (Å²) in [5.74, 6) is 1.39. The van der Waals surface area contributed by atoms with Gasteiger partial charge in [0.15, 0.2) is 17.3 Å². The van der Waals surface area contributed by atoms with Crippen molar-refractivity contribution in [3.63, 3.8) is 0 Å². The Morgan fingerprint density at radius 2 is 0.914 bits per heavy atom. The van der Waals surface area contributed by atoms with Crippen LogP contribution in [0, 0.1) is 0 Å². The van der Waals surface area contributed by atoms with E-state index in [0.29, 0.717) is 11.6 Å². The van der Waals surface area contributed by atoms with Crippen LogP contribution in [0.4, 0.5) is 0 Å². The zero-order valence-corrected chi connectivity index (χ0v) is 31.7. The molecular formula is C53H37N5. The molecule has 0 spiro atoms. The lowest BCUT2D eigenvalue weighted by Gasteiger charge is -2.11. The molecule has 58 heavy (non-hydrogen) atoms. The molecule has 274 valence electrons. The molecule has 5 nitrogen and oxygen atoms in total. The molecule has 0 N–H and O–H groups in total. The summed E-state index contributed by atoms with van der Waals surface area (Å²) in [5, 5.41) is 4.98. The van der Waals surface area contributed by atoms with Gasteiger partial charge in [0.1, 0.15) is 0 Å². The lowest BCUT2D eigenvalue weighted by Crippen LogP contribution is -1.98. The van der Waals surface area contributed by atoms with Gasteiger partial charge in [-0.1, -0.05) is 194 Å². The van der Waals surface area contributed by atoms with E-state index in [1.807, 2.05) is 40.9 Å². The van der Waals surface area contributed by atoms with Crippen molar-refractivity contribution >= 4 is 16.8 Å². The van der Waals surface area contributed by atoms with Gasteiger partial charge in [0.2, 0.25) is 0 Å². The first-order valence-electron chi connectivity index (χ1n) is 19.5. The SMILES string of the molecule is C1=CC(c2ccccc2)=CC=C(c2cc(-c3ccc(-c4ccc(-c5nc6c(-c7ccccc7)cc(-c7ccccc7)cn6n5)cc4)cc3)nc(-c3ccccc3)n2)C1. The van der Waals surface area contributed by atoms with Gasteiger partial charge in [0, 0.05) is 34.0 Å². The molecule has 0 saturated heterocycles. The van der Waals surface area contributed by atoms with E-state index in [1.54, 1.807) is 0 Å². The van der Waals surface area contributed by atoms with Crippen molar-refractivity contribution < 1.29 is 0 Å². The van der Waals surface area contributed by atoms with Crippen molar-refractivity contribution in [2.45, 2.75) is 6.42 Å². The van der Waals surface area contributed by atoms with Crippen LogP contribution < -0.4 is 0 Å². The molecule has 0 amide bonds. The van der Waals surface area contributed by atoms with Gasteiger partial charge >= 0.3 is 0 Å². The normalized spacial score (nSPS) is 12.6. The van der Waals surface area contributed by atoms with Crippen molar-refractivity contribution in [3.8, 4) is 67.4 Å². The topological polar surface area (TPSA) is 56.0 Å². The number of pyridine rings is 1. The summed E-state index contributed by atoms with van der Waals surface area (Å²) in [5.41, 5.74) is 15.7. The summed E-state index contributed by atoms with van der Waals surface area (Å²) in [7, 11) is 0. The van der Waals surface area contributed by atoms with Crippen LogP contribution in [-0.2, 0) is 0 Å². The summed E-state index contributed by atoms with van der Waals surface area (Å²) in [6.45, 7) is 0. The monoisotopic (exact) mass is 743 g/mol. The predicted octanol–water partition coefficient (Wildman–Crippen LogP) is 12.9. The molecule has 0 bridgehead atoms. The number of aromatic nitrogens is 5. The Hall–Kier alpha value is -7.76. The molecule has 0 atom stereocenters. The molecule has 5 heteroatoms. The maximum absolute atomic E-state index is 5.09. The first-order valence-corrected chi connectivity index (χ1v) is 19.5. The highest BCUT2D eigenvalue weighted by Gasteiger charge is 2.16. The average molecular weight is 744 g/mol. The highest BCUT2D eigenvalue weighted by atomic mass is 15.3. The third-order valence-electron chi connectivity index (χ3n) is 10.6. The number of fused-ring (bicyclic) bond motifs is 1. The maximum Gasteiger partial charge on any atom is 0.182 e. The fourth-order valence-electron chi connectivity index (χ4n) is 7.49. The molecule has 0 radical (unpaired) electrons. The maximum atomic E-state index is 5.09. The molecule has 3 heterocycles. The third-order valence-corrected chi connectivity index (χ3v) is 10.6. The van der Waals surface area contributed by atoms with Gasteiger partial charge in [-0.2, -0.15) is 0 Å². The van der Waals surface area contributed by atoms with Gasteiger partial charge in [-0.15, -0.1) is 5.10 Å². The van der Waals surface area contributed by atoms with Crippen molar-refractivity contribution in [2.75, 3.05) is 0 Å². The Bertz CT molecular complexity index is 2960. The Kier molecular flexibility index (Phi) is 9.22. The van der Waals surface area contributed by atoms with Crippen LogP contribution >= 0.6 is 0 Å². The Labute approximate surface area is 337 Å². The van der Waals surface area contributed by atoms with Crippen LogP contribution in [-0.4, -0.2) is 24.6 Å². The van der Waals surface area contributed by atoms with Crippen LogP contribution in [0.3, 0.4) is 0 Å². The van der Waals surface area contributed by atoms with Crippen molar-refractivity contribution in [2.24, 2.45) is 0 Å². The summed E-state index contributed by atoms with van der Waals surface area (Å²) in [4.78, 5) is 15.2. The summed E-state index contributed by atoms with van der Waals surface area (Å²) in [6.07, 6.45) is 11.6. The van der Waals surface area contributed by atoms with E-state index in [4.69, 9.17) is 20.1 Å². The van der Waals surface area contributed by atoms with E-state index in [0.717, 1.165) is 79.1 Å². The number of rotatable bonds is 8. The van der Waals surface area contributed by atoms with E-state index in [-0.39, 0.29) is 0 Å². The molecule has 9 aromatic rings. The Balaban J connectivity index is 0.954. The summed E-state index contributed by atoms with van der Waals surface area (Å²) < 4.78 is 1.91. The summed E-state index contributed by atoms with van der Waals surface area (Å²) in [6, 6.07) is 62.9. The summed E-state index contributed by atoms with van der Waals surface area (Å²) >= 11 is 0. The van der Waals surface area contributed by atoms with Gasteiger partial charge in [-0.05, 0) is 57.5 Å². The number of benzene rings is 6. The van der Waals surface area contributed by atoms with Gasteiger partial charge in [0.25, 0.3) is 0 Å². The lowest BCUT2D eigenvalue weighted by atomic mass is 10.00. The molecule has 1 aliphatic carbocycles. The van der Waals surface area contributed by atoms with E-state index in [9.17, 15) is 0 Å². The Morgan fingerprint density at radius 3 is 1.57 bits per heavy atom. The van der Waals surface area contributed by atoms with Gasteiger partial charge in [-0.3, -0.25) is 0 Å². The largest absolute Gasteiger partial charge is 0.228 e. The standard InChI is InChI=1S/C53H37N5/c1-5-14-37(15-6-1)39-22-13-23-43(29-24-39)49-35-50(55-51(54-49)45-20-11-4-12-21-45)44-30-25-40(26-31-44)41-27-32-46(33-28-41)52-56-53-48(42-18-9-3-10-19-42)34-47(36-58(53)57-52)38-16-7-2-8-17-38/h1-22,24-36H,23H2. The molecule has 0 saturated carbocycles. The third kappa shape index (κ3) is 7.09. The molecule has 3 aromatic heterocycles. The molecular weight excluding hydrogens is 707 g/mol. The van der Waals surface area contributed by atoms with E-state index >= 15 is 0 Å². The minimum Gasteiger partial charge on any atom is -0.228 e. The van der Waals surface area contributed by atoms with Crippen molar-refractivity contribution in [1.29, 1.82) is 0 Å². The first kappa shape index (κ1) is 34.7. The molecule has 0 fully saturated rings. The van der Waals surface area contributed by atoms with Crippen molar-refractivity contribution in [1.82, 2.24) is 24.6 Å². The highest BCUT2D eigenvalue weighted by Crippen LogP contribution is 2.33. The fourth-order valence-corrected chi connectivity index (χ4v) is 7.49. The van der Waals surface area contributed by atoms with E-state index < -0.39 is 0 Å². The second kappa shape index (κ2) is 15.4. The zero-order valence-electron chi connectivity index (χ0n) is 31.7. The molecule has 10 rings (SSSR count). The first-order chi connectivity index (χ1) is 28.7. The van der Waals surface area contributed by atoms with Crippen molar-refractivity contribution in [3.05, 3.63) is 224 Å². The minimum atomic E-state index is 0.684. The van der Waals surface area contributed by atoms with Crippen LogP contribution in [0.25, 0.3) is 84.2 Å². The molecule has 0 aliphatic heterocycles. The second-order valence-corrected chi connectivity index (χ2v) is 14.3. The van der Waals surface area contributed by atoms with E-state index in [2.05, 4.69) is 176 Å². The van der Waals surface area contributed by atoms with Gasteiger partial charge in [0.05, 0.1) is 11.4 Å². The predicted molar refractivity (Wildman–Crippen MR) is 237 cm³/mol. The Morgan fingerprint density at radius 1 is 0.397 bits per heavy atom. The lowest BCUT2D eigenvalue weighted by molar-refractivity contribution is 0.968. The second-order valence-electron chi connectivity index (χ2n) is 14.3. The highest BCUT2D eigenvalue weighted by molar-refractivity contribution is 5.84. The molecule has 6 aromatic carbocycles. The van der Waals surface area contributed by atoms with Crippen LogP contribution in [0.5, 0.6) is 0 Å². The molecule has 0 unspecified atom stereocenters. The average Bonchev–Trinajstić information content (AvgIpc) is 3.59. The smallest absolute Gasteiger partial charge is 0.182 e. The molecule has 1 aliphatic rings. The van der Waals surface area contributed by atoms with Crippen LogP contribution in [0.15, 0.2) is 212 Å². The zero-order chi connectivity index (χ0) is 38.7. The minimum absolute atomic E-state index is 0.684. The van der Waals surface area contributed by atoms with Crippen LogP contribution in [0.2, 0.25) is 0 Å². The number of nitrogens with zero attached hydrogens (tertiary/aromatic N) is 5. The quantitative estimate of drug-likeness (QED) is 0.155.